The van der Waals surface area contributed by atoms with Crippen molar-refractivity contribution < 1.29 is 17.6 Å². The molecular weight excluding hydrogens is 395 g/mol. The molecule has 0 aliphatic carbocycles. The number of nitrogens with one attached hydrogen (secondary N) is 1. The highest BCUT2D eigenvalue weighted by Crippen LogP contribution is 2.22. The number of hydrogen-bond acceptors (Lipinski definition) is 5. The van der Waals surface area contributed by atoms with E-state index in [9.17, 15) is 17.6 Å². The molecule has 0 unspecified atom stereocenters. The van der Waals surface area contributed by atoms with Gasteiger partial charge in [0.25, 0.3) is 15.9 Å². The summed E-state index contributed by atoms with van der Waals surface area (Å²) in [7, 11) is -4.13. The van der Waals surface area contributed by atoms with Crippen molar-refractivity contribution in [3.05, 3.63) is 84.2 Å². The van der Waals surface area contributed by atoms with Crippen molar-refractivity contribution in [2.75, 3.05) is 0 Å². The Morgan fingerprint density at radius 2 is 1.83 bits per heavy atom. The first-order valence-electron chi connectivity index (χ1n) is 8.57. The molecule has 0 saturated carbocycles. The number of sulfonamides is 1. The molecule has 4 rings (SSSR count). The van der Waals surface area contributed by atoms with Crippen LogP contribution in [0.1, 0.15) is 16.1 Å². The van der Waals surface area contributed by atoms with Gasteiger partial charge in [0, 0.05) is 23.2 Å². The highest BCUT2D eigenvalue weighted by atomic mass is 32.2. The van der Waals surface area contributed by atoms with Crippen molar-refractivity contribution in [3.63, 3.8) is 0 Å². The molecule has 0 bridgehead atoms. The molecule has 2 aromatic heterocycles. The second kappa shape index (κ2) is 7.10. The van der Waals surface area contributed by atoms with E-state index in [1.165, 1.54) is 47.4 Å². The summed E-state index contributed by atoms with van der Waals surface area (Å²) >= 11 is 0. The molecule has 4 aromatic rings. The van der Waals surface area contributed by atoms with Gasteiger partial charge >= 0.3 is 0 Å². The monoisotopic (exact) mass is 410 g/mol. The predicted octanol–water partition coefficient (Wildman–Crippen LogP) is 2.99. The summed E-state index contributed by atoms with van der Waals surface area (Å²) in [5, 5.41) is 5.22. The smallest absolute Gasteiger partial charge is 0.268 e. The zero-order valence-electron chi connectivity index (χ0n) is 15.2. The quantitative estimate of drug-likeness (QED) is 0.558. The van der Waals surface area contributed by atoms with Crippen LogP contribution in [0.5, 0.6) is 0 Å². The molecule has 0 spiro atoms. The number of aromatic nitrogens is 3. The number of nitrogens with zero attached hydrogens (tertiary/aromatic N) is 3. The van der Waals surface area contributed by atoms with E-state index in [0.29, 0.717) is 22.2 Å². The Bertz CT molecular complexity index is 1330. The van der Waals surface area contributed by atoms with Gasteiger partial charge in [-0.25, -0.2) is 22.2 Å². The van der Waals surface area contributed by atoms with E-state index in [-0.39, 0.29) is 10.5 Å². The van der Waals surface area contributed by atoms with Gasteiger partial charge in [-0.15, -0.1) is 0 Å². The van der Waals surface area contributed by atoms with E-state index in [1.54, 1.807) is 31.3 Å². The lowest BCUT2D eigenvalue weighted by molar-refractivity contribution is 0.0981. The van der Waals surface area contributed by atoms with Crippen molar-refractivity contribution >= 4 is 26.7 Å². The van der Waals surface area contributed by atoms with Crippen LogP contribution in [-0.4, -0.2) is 29.1 Å². The molecule has 0 aliphatic heterocycles. The molecular formula is C20H15FN4O3S. The molecule has 29 heavy (non-hydrogen) atoms. The molecule has 1 N–H and O–H groups in total. The molecule has 9 heteroatoms. The number of pyridine rings is 1. The number of carbonyl (C=O) groups excluding carboxylic acids is 1. The first kappa shape index (κ1) is 18.8. The molecule has 0 aliphatic rings. The van der Waals surface area contributed by atoms with E-state index >= 15 is 0 Å². The van der Waals surface area contributed by atoms with Crippen LogP contribution in [0.4, 0.5) is 4.39 Å². The molecule has 1 amide bonds. The number of benzene rings is 2. The van der Waals surface area contributed by atoms with Crippen LogP contribution < -0.4 is 4.72 Å². The molecule has 0 radical (unpaired) electrons. The van der Waals surface area contributed by atoms with E-state index in [4.69, 9.17) is 0 Å². The number of hydrogen-bond donors (Lipinski definition) is 1. The van der Waals surface area contributed by atoms with Gasteiger partial charge in [0.05, 0.1) is 28.0 Å². The standard InChI is InChI=1S/C20H15FN4O3S/c1-13-18(12-23-25(13)16-7-5-15(21)6-8-16)20(26)24-29(27,28)19-4-2-3-14-11-22-10-9-17(14)19/h2-12H,1H3,(H,24,26). The number of fused-ring (bicyclic) bond motifs is 1. The lowest BCUT2D eigenvalue weighted by atomic mass is 10.2. The first-order valence-corrected chi connectivity index (χ1v) is 10.1. The third kappa shape index (κ3) is 3.47. The topological polar surface area (TPSA) is 93.9 Å². The fourth-order valence-corrected chi connectivity index (χ4v) is 4.23. The van der Waals surface area contributed by atoms with Crippen molar-refractivity contribution in [2.45, 2.75) is 11.8 Å². The minimum absolute atomic E-state index is 0.0191. The van der Waals surface area contributed by atoms with Crippen molar-refractivity contribution in [1.29, 1.82) is 0 Å². The summed E-state index contributed by atoms with van der Waals surface area (Å²) in [6.07, 6.45) is 4.31. The number of halogens is 1. The van der Waals surface area contributed by atoms with Crippen LogP contribution in [0, 0.1) is 12.7 Å². The van der Waals surface area contributed by atoms with Crippen LogP contribution in [0.3, 0.4) is 0 Å². The van der Waals surface area contributed by atoms with Crippen LogP contribution in [0.15, 0.2) is 72.0 Å². The summed E-state index contributed by atoms with van der Waals surface area (Å²) in [6, 6.07) is 11.9. The lowest BCUT2D eigenvalue weighted by Crippen LogP contribution is -2.31. The Balaban J connectivity index is 1.66. The second-order valence-corrected chi connectivity index (χ2v) is 7.97. The maximum Gasteiger partial charge on any atom is 0.268 e. The van der Waals surface area contributed by atoms with Gasteiger partial charge in [0.15, 0.2) is 0 Å². The van der Waals surface area contributed by atoms with E-state index < -0.39 is 21.7 Å². The Morgan fingerprint density at radius 3 is 2.59 bits per heavy atom. The summed E-state index contributed by atoms with van der Waals surface area (Å²) in [5.41, 5.74) is 1.07. The van der Waals surface area contributed by atoms with Gasteiger partial charge in [-0.3, -0.25) is 9.78 Å². The van der Waals surface area contributed by atoms with Crippen LogP contribution in [-0.2, 0) is 10.0 Å². The average molecular weight is 410 g/mol. The minimum atomic E-state index is -4.13. The summed E-state index contributed by atoms with van der Waals surface area (Å²) in [5.74, 6) is -1.20. The molecule has 146 valence electrons. The van der Waals surface area contributed by atoms with Crippen molar-refractivity contribution in [3.8, 4) is 5.69 Å². The molecule has 7 nitrogen and oxygen atoms in total. The second-order valence-electron chi connectivity index (χ2n) is 6.32. The summed E-state index contributed by atoms with van der Waals surface area (Å²) in [4.78, 5) is 16.6. The fourth-order valence-electron chi connectivity index (χ4n) is 3.03. The van der Waals surface area contributed by atoms with Gasteiger partial charge in [-0.1, -0.05) is 12.1 Å². The van der Waals surface area contributed by atoms with Crippen LogP contribution in [0.2, 0.25) is 0 Å². The molecule has 2 aromatic carbocycles. The number of amides is 1. The highest BCUT2D eigenvalue weighted by molar-refractivity contribution is 7.90. The SMILES string of the molecule is Cc1c(C(=O)NS(=O)(=O)c2cccc3cnccc23)cnn1-c1ccc(F)cc1. The van der Waals surface area contributed by atoms with Gasteiger partial charge in [-0.2, -0.15) is 5.10 Å². The first-order chi connectivity index (χ1) is 13.9. The van der Waals surface area contributed by atoms with Gasteiger partial charge in [0.2, 0.25) is 0 Å². The average Bonchev–Trinajstić information content (AvgIpc) is 3.09. The van der Waals surface area contributed by atoms with E-state index in [2.05, 4.69) is 14.8 Å². The van der Waals surface area contributed by atoms with Gasteiger partial charge in [0.1, 0.15) is 5.82 Å². The Hall–Kier alpha value is -3.59. The Kier molecular flexibility index (Phi) is 4.59. The Labute approximate surface area is 165 Å². The van der Waals surface area contributed by atoms with Gasteiger partial charge in [-0.05, 0) is 43.3 Å². The molecule has 0 fully saturated rings. The normalized spacial score (nSPS) is 11.5. The van der Waals surface area contributed by atoms with Crippen LogP contribution >= 0.6 is 0 Å². The number of rotatable bonds is 4. The third-order valence-electron chi connectivity index (χ3n) is 4.48. The molecule has 0 atom stereocenters. The minimum Gasteiger partial charge on any atom is -0.268 e. The summed E-state index contributed by atoms with van der Waals surface area (Å²) < 4.78 is 42.3. The lowest BCUT2D eigenvalue weighted by Gasteiger charge is -2.10. The Morgan fingerprint density at radius 1 is 1.07 bits per heavy atom. The van der Waals surface area contributed by atoms with E-state index in [1.807, 2.05) is 0 Å². The molecule has 0 saturated heterocycles. The van der Waals surface area contributed by atoms with E-state index in [0.717, 1.165) is 0 Å². The predicted molar refractivity (Wildman–Crippen MR) is 105 cm³/mol. The largest absolute Gasteiger partial charge is 0.268 e. The molecule has 2 heterocycles. The van der Waals surface area contributed by atoms with Crippen molar-refractivity contribution in [2.24, 2.45) is 0 Å². The maximum atomic E-state index is 13.1. The summed E-state index contributed by atoms with van der Waals surface area (Å²) in [6.45, 7) is 1.63. The number of carbonyl (C=O) groups is 1. The van der Waals surface area contributed by atoms with Crippen molar-refractivity contribution in [1.82, 2.24) is 19.5 Å². The zero-order valence-corrected chi connectivity index (χ0v) is 16.0. The maximum absolute atomic E-state index is 13.1. The fraction of sp³-hybridized carbons (Fsp3) is 0.0500. The third-order valence-corrected chi connectivity index (χ3v) is 5.87. The van der Waals surface area contributed by atoms with Gasteiger partial charge < -0.3 is 0 Å². The van der Waals surface area contributed by atoms with Crippen LogP contribution in [0.25, 0.3) is 16.5 Å². The highest BCUT2D eigenvalue weighted by Gasteiger charge is 2.23. The zero-order chi connectivity index (χ0) is 20.6.